The summed E-state index contributed by atoms with van der Waals surface area (Å²) in [7, 11) is 0. The second-order valence-corrected chi connectivity index (χ2v) is 5.68. The van der Waals surface area contributed by atoms with Gasteiger partial charge in [0.05, 0.1) is 12.1 Å². The highest BCUT2D eigenvalue weighted by Gasteiger charge is 2.14. The second kappa shape index (κ2) is 5.59. The molecule has 0 fully saturated rings. The van der Waals surface area contributed by atoms with Gasteiger partial charge in [0.2, 0.25) is 0 Å². The molecule has 0 radical (unpaired) electrons. The van der Waals surface area contributed by atoms with Gasteiger partial charge in [-0.25, -0.2) is 0 Å². The molecule has 100 valence electrons. The first-order chi connectivity index (χ1) is 8.99. The van der Waals surface area contributed by atoms with E-state index >= 15 is 0 Å². The Balaban J connectivity index is 2.50. The molecule has 0 spiro atoms. The smallest absolute Gasteiger partial charge is 0.307 e. The van der Waals surface area contributed by atoms with Crippen molar-refractivity contribution in [2.45, 2.75) is 19.9 Å². The SMILES string of the molecule is Cc1sc(=O)n(CCC(=O)O)c1-c1cccc(Cl)c1. The minimum atomic E-state index is -0.923. The average molecular weight is 298 g/mol. The number of hydrogen-bond donors (Lipinski definition) is 1. The summed E-state index contributed by atoms with van der Waals surface area (Å²) in [5.74, 6) is -0.923. The highest BCUT2D eigenvalue weighted by atomic mass is 35.5. The number of rotatable bonds is 4. The van der Waals surface area contributed by atoms with E-state index in [1.165, 1.54) is 4.57 Å². The molecule has 0 atom stereocenters. The van der Waals surface area contributed by atoms with E-state index in [-0.39, 0.29) is 17.8 Å². The number of carbonyl (C=O) groups is 1. The molecule has 0 aliphatic heterocycles. The number of thiazole rings is 1. The molecule has 1 heterocycles. The van der Waals surface area contributed by atoms with Crippen molar-refractivity contribution in [1.82, 2.24) is 4.57 Å². The fourth-order valence-corrected chi connectivity index (χ4v) is 2.99. The molecule has 1 N–H and O–H groups in total. The molecule has 0 amide bonds. The number of aromatic nitrogens is 1. The summed E-state index contributed by atoms with van der Waals surface area (Å²) in [4.78, 5) is 23.3. The molecule has 0 saturated carbocycles. The summed E-state index contributed by atoms with van der Waals surface area (Å²) in [6.45, 7) is 2.01. The number of hydrogen-bond acceptors (Lipinski definition) is 3. The fourth-order valence-electron chi connectivity index (χ4n) is 1.92. The zero-order chi connectivity index (χ0) is 14.0. The Morgan fingerprint density at radius 3 is 2.84 bits per heavy atom. The molecule has 0 aliphatic carbocycles. The molecule has 0 bridgehead atoms. The normalized spacial score (nSPS) is 10.6. The van der Waals surface area contributed by atoms with E-state index in [1.807, 2.05) is 13.0 Å². The maximum atomic E-state index is 11.9. The predicted octanol–water partition coefficient (Wildman–Crippen LogP) is 3.01. The standard InChI is InChI=1S/C13H12ClNO3S/c1-8-12(9-3-2-4-10(14)7-9)15(13(18)19-8)6-5-11(16)17/h2-4,7H,5-6H2,1H3,(H,16,17). The molecule has 1 aromatic heterocycles. The van der Waals surface area contributed by atoms with E-state index in [4.69, 9.17) is 16.7 Å². The van der Waals surface area contributed by atoms with Gasteiger partial charge >= 0.3 is 10.8 Å². The molecule has 4 nitrogen and oxygen atoms in total. The quantitative estimate of drug-likeness (QED) is 0.943. The van der Waals surface area contributed by atoms with E-state index in [9.17, 15) is 9.59 Å². The van der Waals surface area contributed by atoms with Crippen LogP contribution in [0.2, 0.25) is 5.02 Å². The summed E-state index contributed by atoms with van der Waals surface area (Å²) in [5.41, 5.74) is 1.58. The molecule has 0 unspecified atom stereocenters. The fraction of sp³-hybridized carbons (Fsp3) is 0.231. The Kier molecular flexibility index (Phi) is 4.07. The maximum absolute atomic E-state index is 11.9. The zero-order valence-electron chi connectivity index (χ0n) is 10.2. The van der Waals surface area contributed by atoms with Crippen LogP contribution in [0.4, 0.5) is 0 Å². The van der Waals surface area contributed by atoms with Crippen LogP contribution in [-0.2, 0) is 11.3 Å². The minimum Gasteiger partial charge on any atom is -0.481 e. The number of carboxylic acids is 1. The average Bonchev–Trinajstić information content (AvgIpc) is 2.61. The highest BCUT2D eigenvalue weighted by Crippen LogP contribution is 2.27. The van der Waals surface area contributed by atoms with Gasteiger partial charge in [-0.3, -0.25) is 14.2 Å². The van der Waals surface area contributed by atoms with Gasteiger partial charge in [-0.1, -0.05) is 35.1 Å². The number of nitrogens with zero attached hydrogens (tertiary/aromatic N) is 1. The Hall–Kier alpha value is -1.59. The van der Waals surface area contributed by atoms with Crippen molar-refractivity contribution in [2.75, 3.05) is 0 Å². The van der Waals surface area contributed by atoms with Gasteiger partial charge in [-0.05, 0) is 19.1 Å². The third kappa shape index (κ3) is 3.05. The van der Waals surface area contributed by atoms with Crippen LogP contribution in [0.1, 0.15) is 11.3 Å². The van der Waals surface area contributed by atoms with Crippen molar-refractivity contribution in [2.24, 2.45) is 0 Å². The van der Waals surface area contributed by atoms with Crippen LogP contribution in [0.15, 0.2) is 29.1 Å². The van der Waals surface area contributed by atoms with E-state index < -0.39 is 5.97 Å². The summed E-state index contributed by atoms with van der Waals surface area (Å²) >= 11 is 7.08. The Labute approximate surface area is 118 Å². The van der Waals surface area contributed by atoms with Crippen LogP contribution >= 0.6 is 22.9 Å². The summed E-state index contributed by atoms with van der Waals surface area (Å²) < 4.78 is 1.50. The number of aliphatic carboxylic acids is 1. The minimum absolute atomic E-state index is 0.0797. The molecule has 2 aromatic rings. The van der Waals surface area contributed by atoms with Crippen molar-refractivity contribution in [3.8, 4) is 11.3 Å². The molecule has 6 heteroatoms. The first-order valence-corrected chi connectivity index (χ1v) is 6.86. The van der Waals surface area contributed by atoms with Crippen molar-refractivity contribution < 1.29 is 9.90 Å². The predicted molar refractivity (Wildman–Crippen MR) is 76.0 cm³/mol. The van der Waals surface area contributed by atoms with Crippen LogP contribution in [0, 0.1) is 6.92 Å². The van der Waals surface area contributed by atoms with Gasteiger partial charge in [0, 0.05) is 22.0 Å². The topological polar surface area (TPSA) is 59.3 Å². The Morgan fingerprint density at radius 2 is 2.21 bits per heavy atom. The lowest BCUT2D eigenvalue weighted by atomic mass is 10.1. The third-order valence-corrected chi connectivity index (χ3v) is 3.84. The van der Waals surface area contributed by atoms with Crippen LogP contribution < -0.4 is 4.87 Å². The van der Waals surface area contributed by atoms with Gasteiger partial charge in [-0.15, -0.1) is 0 Å². The van der Waals surface area contributed by atoms with Gasteiger partial charge in [0.1, 0.15) is 0 Å². The summed E-state index contributed by atoms with van der Waals surface area (Å²) in [5, 5.41) is 9.33. The Morgan fingerprint density at radius 1 is 1.47 bits per heavy atom. The van der Waals surface area contributed by atoms with Gasteiger partial charge < -0.3 is 5.11 Å². The molecular weight excluding hydrogens is 286 g/mol. The van der Waals surface area contributed by atoms with Crippen LogP contribution in [0.25, 0.3) is 11.3 Å². The first kappa shape index (κ1) is 13.8. The van der Waals surface area contributed by atoms with Crippen molar-refractivity contribution >= 4 is 28.9 Å². The Bertz CT molecular complexity index is 675. The number of aryl methyl sites for hydroxylation is 1. The molecule has 0 aliphatic rings. The van der Waals surface area contributed by atoms with Gasteiger partial charge in [0.15, 0.2) is 0 Å². The van der Waals surface area contributed by atoms with Crippen molar-refractivity contribution in [3.63, 3.8) is 0 Å². The monoisotopic (exact) mass is 297 g/mol. The molecule has 19 heavy (non-hydrogen) atoms. The number of carboxylic acid groups (broad SMARTS) is 1. The van der Waals surface area contributed by atoms with Gasteiger partial charge in [0.25, 0.3) is 0 Å². The largest absolute Gasteiger partial charge is 0.481 e. The second-order valence-electron chi connectivity index (χ2n) is 4.08. The first-order valence-electron chi connectivity index (χ1n) is 5.67. The van der Waals surface area contributed by atoms with E-state index in [2.05, 4.69) is 0 Å². The highest BCUT2D eigenvalue weighted by molar-refractivity contribution is 7.09. The molecule has 2 rings (SSSR count). The third-order valence-electron chi connectivity index (χ3n) is 2.71. The van der Waals surface area contributed by atoms with Crippen LogP contribution in [-0.4, -0.2) is 15.6 Å². The lowest BCUT2D eigenvalue weighted by molar-refractivity contribution is -0.137. The maximum Gasteiger partial charge on any atom is 0.307 e. The van der Waals surface area contributed by atoms with E-state index in [1.54, 1.807) is 18.2 Å². The van der Waals surface area contributed by atoms with Crippen molar-refractivity contribution in [3.05, 3.63) is 43.8 Å². The van der Waals surface area contributed by atoms with E-state index in [0.29, 0.717) is 5.02 Å². The lowest BCUT2D eigenvalue weighted by Crippen LogP contribution is -2.16. The van der Waals surface area contributed by atoms with E-state index in [0.717, 1.165) is 27.5 Å². The lowest BCUT2D eigenvalue weighted by Gasteiger charge is -2.08. The molecule has 0 saturated heterocycles. The summed E-state index contributed by atoms with van der Waals surface area (Å²) in [6.07, 6.45) is -0.0797. The van der Waals surface area contributed by atoms with Crippen molar-refractivity contribution in [1.29, 1.82) is 0 Å². The molecule has 1 aromatic carbocycles. The van der Waals surface area contributed by atoms with Crippen LogP contribution in [0.5, 0.6) is 0 Å². The number of halogens is 1. The summed E-state index contributed by atoms with van der Waals surface area (Å²) in [6, 6.07) is 7.19. The van der Waals surface area contributed by atoms with Gasteiger partial charge in [-0.2, -0.15) is 0 Å². The molecular formula is C13H12ClNO3S. The van der Waals surface area contributed by atoms with Crippen LogP contribution in [0.3, 0.4) is 0 Å². The number of benzene rings is 1. The zero-order valence-corrected chi connectivity index (χ0v) is 11.8.